The molecule has 0 aromatic carbocycles. The van der Waals surface area contributed by atoms with Crippen LogP contribution in [0.5, 0.6) is 0 Å². The lowest BCUT2D eigenvalue weighted by Crippen LogP contribution is -2.50. The summed E-state index contributed by atoms with van der Waals surface area (Å²) in [6.45, 7) is 12.3. The Hall–Kier alpha value is -0.820. The van der Waals surface area contributed by atoms with Crippen LogP contribution in [-0.2, 0) is 0 Å². The van der Waals surface area contributed by atoms with E-state index in [0.29, 0.717) is 17.0 Å². The molecule has 1 heteroatoms. The molecule has 1 atom stereocenters. The van der Waals surface area contributed by atoms with Gasteiger partial charge in [-0.3, -0.25) is 4.90 Å². The lowest BCUT2D eigenvalue weighted by atomic mass is 9.84. The average Bonchev–Trinajstić information content (AvgIpc) is 3.09. The van der Waals surface area contributed by atoms with Crippen LogP contribution in [0.4, 0.5) is 0 Å². The molecule has 3 rings (SSSR count). The van der Waals surface area contributed by atoms with Gasteiger partial charge in [0.2, 0.25) is 0 Å². The molecule has 0 amide bonds. The maximum atomic E-state index is 4.05. The molecule has 1 heterocycles. The summed E-state index contributed by atoms with van der Waals surface area (Å²) in [7, 11) is 0. The lowest BCUT2D eigenvalue weighted by molar-refractivity contribution is 0.0715. The Morgan fingerprint density at radius 2 is 2.05 bits per heavy atom. The van der Waals surface area contributed by atoms with Crippen LogP contribution < -0.4 is 0 Å². The Labute approximate surface area is 118 Å². The third-order valence-electron chi connectivity index (χ3n) is 5.48. The number of nitrogens with zero attached hydrogens (tertiary/aromatic N) is 1. The SMILES string of the molecule is C=C(C)C1=CCC(C2(N3CCCC3(C)C)CC2)C=C1. The molecular formula is C18H27N. The van der Waals surface area contributed by atoms with E-state index in [4.69, 9.17) is 0 Å². The predicted octanol–water partition coefficient (Wildman–Crippen LogP) is 4.47. The Morgan fingerprint density at radius 1 is 1.32 bits per heavy atom. The van der Waals surface area contributed by atoms with Gasteiger partial charge >= 0.3 is 0 Å². The molecular weight excluding hydrogens is 230 g/mol. The van der Waals surface area contributed by atoms with Gasteiger partial charge in [0, 0.05) is 11.1 Å². The summed E-state index contributed by atoms with van der Waals surface area (Å²) in [5.41, 5.74) is 3.42. The molecule has 1 unspecified atom stereocenters. The molecule has 19 heavy (non-hydrogen) atoms. The molecule has 0 aromatic rings. The zero-order valence-corrected chi connectivity index (χ0v) is 12.7. The highest BCUT2D eigenvalue weighted by Gasteiger charge is 2.57. The van der Waals surface area contributed by atoms with E-state index in [1.165, 1.54) is 49.8 Å². The van der Waals surface area contributed by atoms with Crippen LogP contribution in [0.25, 0.3) is 0 Å². The highest BCUT2D eigenvalue weighted by atomic mass is 15.3. The first-order chi connectivity index (χ1) is 8.96. The van der Waals surface area contributed by atoms with E-state index in [9.17, 15) is 0 Å². The molecule has 3 aliphatic rings. The molecule has 0 N–H and O–H groups in total. The van der Waals surface area contributed by atoms with Crippen LogP contribution in [0.3, 0.4) is 0 Å². The topological polar surface area (TPSA) is 3.24 Å². The van der Waals surface area contributed by atoms with Gasteiger partial charge in [0.15, 0.2) is 0 Å². The van der Waals surface area contributed by atoms with Gasteiger partial charge in [0.25, 0.3) is 0 Å². The van der Waals surface area contributed by atoms with Crippen LogP contribution in [0, 0.1) is 5.92 Å². The third kappa shape index (κ3) is 2.12. The zero-order valence-electron chi connectivity index (χ0n) is 12.7. The Morgan fingerprint density at radius 3 is 2.47 bits per heavy atom. The van der Waals surface area contributed by atoms with Crippen LogP contribution in [0.15, 0.2) is 36.0 Å². The van der Waals surface area contributed by atoms with Crippen molar-refractivity contribution in [2.45, 2.75) is 64.0 Å². The van der Waals surface area contributed by atoms with Crippen molar-refractivity contribution >= 4 is 0 Å². The average molecular weight is 257 g/mol. The summed E-state index contributed by atoms with van der Waals surface area (Å²) in [5.74, 6) is 0.716. The maximum absolute atomic E-state index is 4.05. The quantitative estimate of drug-likeness (QED) is 0.721. The first-order valence-corrected chi connectivity index (χ1v) is 7.78. The molecule has 1 nitrogen and oxygen atoms in total. The molecule has 0 aromatic heterocycles. The Balaban J connectivity index is 1.77. The van der Waals surface area contributed by atoms with Crippen molar-refractivity contribution in [1.29, 1.82) is 0 Å². The van der Waals surface area contributed by atoms with E-state index in [-0.39, 0.29) is 0 Å². The largest absolute Gasteiger partial charge is 0.292 e. The van der Waals surface area contributed by atoms with Crippen molar-refractivity contribution in [3.05, 3.63) is 36.0 Å². The fourth-order valence-corrected chi connectivity index (χ4v) is 4.24. The summed E-state index contributed by atoms with van der Waals surface area (Å²) in [5, 5.41) is 0. The van der Waals surface area contributed by atoms with Crippen molar-refractivity contribution < 1.29 is 0 Å². The monoisotopic (exact) mass is 257 g/mol. The minimum Gasteiger partial charge on any atom is -0.292 e. The Kier molecular flexibility index (Phi) is 3.01. The first-order valence-electron chi connectivity index (χ1n) is 7.78. The number of hydrogen-bond donors (Lipinski definition) is 0. The molecule has 1 saturated heterocycles. The molecule has 2 fully saturated rings. The Bertz CT molecular complexity index is 448. The molecule has 104 valence electrons. The second kappa shape index (κ2) is 4.34. The fourth-order valence-electron chi connectivity index (χ4n) is 4.24. The van der Waals surface area contributed by atoms with Crippen molar-refractivity contribution in [2.24, 2.45) is 5.92 Å². The number of allylic oxidation sites excluding steroid dienone is 4. The number of hydrogen-bond acceptors (Lipinski definition) is 1. The minimum atomic E-state index is 0.405. The van der Waals surface area contributed by atoms with Gasteiger partial charge in [0.05, 0.1) is 0 Å². The van der Waals surface area contributed by atoms with Crippen molar-refractivity contribution in [3.63, 3.8) is 0 Å². The van der Waals surface area contributed by atoms with Gasteiger partial charge in [-0.1, -0.05) is 30.4 Å². The van der Waals surface area contributed by atoms with Gasteiger partial charge in [-0.25, -0.2) is 0 Å². The molecule has 1 saturated carbocycles. The lowest BCUT2D eigenvalue weighted by Gasteiger charge is -2.43. The second-order valence-corrected chi connectivity index (χ2v) is 7.31. The van der Waals surface area contributed by atoms with Gasteiger partial charge in [-0.15, -0.1) is 0 Å². The third-order valence-corrected chi connectivity index (χ3v) is 5.48. The summed E-state index contributed by atoms with van der Waals surface area (Å²) < 4.78 is 0. The van der Waals surface area contributed by atoms with E-state index < -0.39 is 0 Å². The predicted molar refractivity (Wildman–Crippen MR) is 82.1 cm³/mol. The van der Waals surface area contributed by atoms with Crippen molar-refractivity contribution in [1.82, 2.24) is 4.90 Å². The second-order valence-electron chi connectivity index (χ2n) is 7.31. The fraction of sp³-hybridized carbons (Fsp3) is 0.667. The maximum Gasteiger partial charge on any atom is 0.0281 e. The normalized spacial score (nSPS) is 32.2. The number of rotatable bonds is 3. The summed E-state index contributed by atoms with van der Waals surface area (Å²) in [6, 6.07) is 0. The van der Waals surface area contributed by atoms with Crippen molar-refractivity contribution in [2.75, 3.05) is 6.54 Å². The zero-order chi connectivity index (χ0) is 13.7. The van der Waals surface area contributed by atoms with Gasteiger partial charge in [0.1, 0.15) is 0 Å². The van der Waals surface area contributed by atoms with Gasteiger partial charge < -0.3 is 0 Å². The van der Waals surface area contributed by atoms with E-state index in [1.54, 1.807) is 0 Å². The van der Waals surface area contributed by atoms with Crippen LogP contribution >= 0.6 is 0 Å². The molecule has 1 aliphatic heterocycles. The van der Waals surface area contributed by atoms with Gasteiger partial charge in [-0.2, -0.15) is 0 Å². The highest BCUT2D eigenvalue weighted by molar-refractivity contribution is 5.40. The minimum absolute atomic E-state index is 0.405. The highest BCUT2D eigenvalue weighted by Crippen LogP contribution is 2.55. The molecule has 0 spiro atoms. The smallest absolute Gasteiger partial charge is 0.0281 e. The molecule has 2 aliphatic carbocycles. The summed E-state index contributed by atoms with van der Waals surface area (Å²) in [4.78, 5) is 2.83. The molecule has 0 bridgehead atoms. The van der Waals surface area contributed by atoms with Crippen LogP contribution in [0.1, 0.15) is 52.9 Å². The standard InChI is InChI=1S/C18H27N/c1-14(2)15-6-8-16(9-7-15)18(11-12-18)19-13-5-10-17(19,3)4/h6-8,16H,1,5,9-13H2,2-4H3. The summed E-state index contributed by atoms with van der Waals surface area (Å²) >= 11 is 0. The van der Waals surface area contributed by atoms with Crippen LogP contribution in [-0.4, -0.2) is 22.5 Å². The van der Waals surface area contributed by atoms with Gasteiger partial charge in [-0.05, 0) is 70.9 Å². The van der Waals surface area contributed by atoms with E-state index in [2.05, 4.69) is 50.5 Å². The van der Waals surface area contributed by atoms with E-state index in [0.717, 1.165) is 0 Å². The number of likely N-dealkylation sites (tertiary alicyclic amines) is 1. The molecule has 0 radical (unpaired) electrons. The summed E-state index contributed by atoms with van der Waals surface area (Å²) in [6.07, 6.45) is 13.9. The van der Waals surface area contributed by atoms with Crippen molar-refractivity contribution in [3.8, 4) is 0 Å². The van der Waals surface area contributed by atoms with E-state index in [1.807, 2.05) is 0 Å². The van der Waals surface area contributed by atoms with E-state index >= 15 is 0 Å². The van der Waals surface area contributed by atoms with Crippen LogP contribution in [0.2, 0.25) is 0 Å². The first kappa shape index (κ1) is 13.2.